The van der Waals surface area contributed by atoms with Crippen molar-refractivity contribution in [2.75, 3.05) is 13.7 Å². The third kappa shape index (κ3) is 2.70. The van der Waals surface area contributed by atoms with Gasteiger partial charge < -0.3 is 10.1 Å². The second kappa shape index (κ2) is 6.25. The fourth-order valence-electron chi connectivity index (χ4n) is 2.98. The Bertz CT molecular complexity index is 349. The van der Waals surface area contributed by atoms with E-state index in [-0.39, 0.29) is 11.6 Å². The molecular weight excluding hydrogens is 226 g/mol. The zero-order valence-electron chi connectivity index (χ0n) is 11.4. The van der Waals surface area contributed by atoms with Gasteiger partial charge in [-0.3, -0.25) is 9.97 Å². The molecule has 4 nitrogen and oxygen atoms in total. The summed E-state index contributed by atoms with van der Waals surface area (Å²) in [5, 5.41) is 3.53. The molecule has 0 bridgehead atoms. The first-order valence-corrected chi connectivity index (χ1v) is 6.87. The van der Waals surface area contributed by atoms with Crippen LogP contribution in [0.15, 0.2) is 18.6 Å². The molecule has 1 aromatic heterocycles. The van der Waals surface area contributed by atoms with E-state index in [9.17, 15) is 0 Å². The normalized spacial score (nSPS) is 20.6. The van der Waals surface area contributed by atoms with Crippen LogP contribution in [0.4, 0.5) is 0 Å². The van der Waals surface area contributed by atoms with E-state index in [1.165, 1.54) is 19.3 Å². The highest BCUT2D eigenvalue weighted by molar-refractivity contribution is 5.11. The molecule has 1 fully saturated rings. The van der Waals surface area contributed by atoms with Crippen molar-refractivity contribution in [3.05, 3.63) is 24.3 Å². The number of hydrogen-bond acceptors (Lipinski definition) is 4. The molecule has 1 atom stereocenters. The van der Waals surface area contributed by atoms with Crippen molar-refractivity contribution in [2.45, 2.75) is 50.7 Å². The van der Waals surface area contributed by atoms with Crippen LogP contribution in [-0.2, 0) is 4.74 Å². The lowest BCUT2D eigenvalue weighted by atomic mass is 9.78. The fourth-order valence-corrected chi connectivity index (χ4v) is 2.98. The zero-order valence-corrected chi connectivity index (χ0v) is 11.4. The summed E-state index contributed by atoms with van der Waals surface area (Å²) < 4.78 is 5.92. The highest BCUT2D eigenvalue weighted by Crippen LogP contribution is 2.40. The number of rotatable bonds is 5. The minimum absolute atomic E-state index is 0.121. The molecule has 2 rings (SSSR count). The summed E-state index contributed by atoms with van der Waals surface area (Å²) >= 11 is 0. The highest BCUT2D eigenvalue weighted by Gasteiger charge is 2.41. The van der Waals surface area contributed by atoms with Gasteiger partial charge in [0.05, 0.1) is 23.5 Å². The largest absolute Gasteiger partial charge is 0.376 e. The molecular formula is C14H23N3O. The van der Waals surface area contributed by atoms with Crippen LogP contribution in [0.25, 0.3) is 0 Å². The molecule has 1 N–H and O–H groups in total. The molecule has 1 aliphatic rings. The van der Waals surface area contributed by atoms with Crippen LogP contribution in [0.2, 0.25) is 0 Å². The number of methoxy groups -OCH3 is 1. The van der Waals surface area contributed by atoms with Crippen molar-refractivity contribution in [3.8, 4) is 0 Å². The second-order valence-corrected chi connectivity index (χ2v) is 4.95. The Balaban J connectivity index is 2.27. The molecule has 1 unspecified atom stereocenters. The lowest BCUT2D eigenvalue weighted by Crippen LogP contribution is -2.47. The molecule has 0 spiro atoms. The van der Waals surface area contributed by atoms with Crippen molar-refractivity contribution in [2.24, 2.45) is 0 Å². The van der Waals surface area contributed by atoms with Crippen LogP contribution in [0, 0.1) is 0 Å². The molecule has 0 radical (unpaired) electrons. The van der Waals surface area contributed by atoms with Crippen molar-refractivity contribution in [1.82, 2.24) is 15.3 Å². The van der Waals surface area contributed by atoms with Crippen molar-refractivity contribution >= 4 is 0 Å². The Kier molecular flexibility index (Phi) is 4.66. The van der Waals surface area contributed by atoms with Gasteiger partial charge >= 0.3 is 0 Å². The van der Waals surface area contributed by atoms with Gasteiger partial charge in [-0.25, -0.2) is 0 Å². The predicted octanol–water partition coefficient (Wildman–Crippen LogP) is 2.48. The summed E-state index contributed by atoms with van der Waals surface area (Å²) in [6.45, 7) is 3.03. The van der Waals surface area contributed by atoms with Gasteiger partial charge in [0.1, 0.15) is 0 Å². The molecule has 1 saturated carbocycles. The van der Waals surface area contributed by atoms with Gasteiger partial charge in [0.2, 0.25) is 0 Å². The smallest absolute Gasteiger partial charge is 0.0888 e. The summed E-state index contributed by atoms with van der Waals surface area (Å²) in [7, 11) is 1.83. The summed E-state index contributed by atoms with van der Waals surface area (Å²) in [4.78, 5) is 8.65. The van der Waals surface area contributed by atoms with E-state index in [0.29, 0.717) is 0 Å². The van der Waals surface area contributed by atoms with E-state index in [0.717, 1.165) is 25.1 Å². The van der Waals surface area contributed by atoms with Crippen LogP contribution in [0.5, 0.6) is 0 Å². The maximum Gasteiger partial charge on any atom is 0.0888 e. The molecule has 0 aromatic carbocycles. The first kappa shape index (κ1) is 13.4. The van der Waals surface area contributed by atoms with Crippen LogP contribution >= 0.6 is 0 Å². The van der Waals surface area contributed by atoms with E-state index in [4.69, 9.17) is 4.74 Å². The monoisotopic (exact) mass is 249 g/mol. The van der Waals surface area contributed by atoms with Crippen molar-refractivity contribution in [1.29, 1.82) is 0 Å². The lowest BCUT2D eigenvalue weighted by molar-refractivity contribution is -0.0694. The average molecular weight is 249 g/mol. The van der Waals surface area contributed by atoms with E-state index in [1.54, 1.807) is 12.4 Å². The van der Waals surface area contributed by atoms with Gasteiger partial charge in [0.15, 0.2) is 0 Å². The Morgan fingerprint density at radius 3 is 2.67 bits per heavy atom. The average Bonchev–Trinajstić information content (AvgIpc) is 2.46. The second-order valence-electron chi connectivity index (χ2n) is 4.95. The van der Waals surface area contributed by atoms with Gasteiger partial charge in [-0.2, -0.15) is 0 Å². The minimum atomic E-state index is -0.121. The van der Waals surface area contributed by atoms with Crippen LogP contribution < -0.4 is 5.32 Å². The van der Waals surface area contributed by atoms with Crippen LogP contribution in [-0.4, -0.2) is 29.2 Å². The Labute approximate surface area is 109 Å². The molecule has 18 heavy (non-hydrogen) atoms. The Morgan fingerprint density at radius 2 is 2.11 bits per heavy atom. The summed E-state index contributed by atoms with van der Waals surface area (Å²) in [5.41, 5.74) is 0.868. The molecule has 0 amide bonds. The van der Waals surface area contributed by atoms with E-state index in [2.05, 4.69) is 22.2 Å². The Hall–Kier alpha value is -1.00. The van der Waals surface area contributed by atoms with Gasteiger partial charge in [-0.1, -0.05) is 26.2 Å². The van der Waals surface area contributed by atoms with Crippen LogP contribution in [0.1, 0.15) is 50.8 Å². The maximum absolute atomic E-state index is 5.92. The number of aromatic nitrogens is 2. The highest BCUT2D eigenvalue weighted by atomic mass is 16.5. The number of ether oxygens (including phenoxy) is 1. The quantitative estimate of drug-likeness (QED) is 0.871. The first-order chi connectivity index (χ1) is 8.82. The summed E-state index contributed by atoms with van der Waals surface area (Å²) in [5.74, 6) is 0. The maximum atomic E-state index is 5.92. The van der Waals surface area contributed by atoms with Crippen molar-refractivity contribution < 1.29 is 4.74 Å². The molecule has 0 aliphatic heterocycles. The predicted molar refractivity (Wildman–Crippen MR) is 71.3 cm³/mol. The molecule has 1 heterocycles. The number of nitrogens with zero attached hydrogens (tertiary/aromatic N) is 2. The topological polar surface area (TPSA) is 47.0 Å². The third-order valence-corrected chi connectivity index (χ3v) is 3.92. The van der Waals surface area contributed by atoms with Crippen molar-refractivity contribution in [3.63, 3.8) is 0 Å². The standard InChI is InChI=1S/C14H23N3O/c1-3-16-13(12-11-15-9-10-17-12)14(18-2)7-5-4-6-8-14/h9-11,13,16H,3-8H2,1-2H3. The summed E-state index contributed by atoms with van der Waals surface area (Å²) in [6, 6.07) is 0.140. The van der Waals surface area contributed by atoms with Crippen LogP contribution in [0.3, 0.4) is 0 Å². The third-order valence-electron chi connectivity index (χ3n) is 3.92. The van der Waals surface area contributed by atoms with E-state index < -0.39 is 0 Å². The van der Waals surface area contributed by atoms with Gasteiger partial charge in [0, 0.05) is 19.5 Å². The molecule has 0 saturated heterocycles. The number of nitrogens with one attached hydrogen (secondary N) is 1. The number of hydrogen-bond donors (Lipinski definition) is 1. The molecule has 1 aliphatic carbocycles. The van der Waals surface area contributed by atoms with Gasteiger partial charge in [-0.15, -0.1) is 0 Å². The fraction of sp³-hybridized carbons (Fsp3) is 0.714. The van der Waals surface area contributed by atoms with E-state index in [1.807, 2.05) is 13.3 Å². The van der Waals surface area contributed by atoms with Gasteiger partial charge in [-0.05, 0) is 19.4 Å². The minimum Gasteiger partial charge on any atom is -0.376 e. The molecule has 1 aromatic rings. The molecule has 100 valence electrons. The van der Waals surface area contributed by atoms with Gasteiger partial charge in [0.25, 0.3) is 0 Å². The SMILES string of the molecule is CCNC(c1cnccn1)C1(OC)CCCCC1. The lowest BCUT2D eigenvalue weighted by Gasteiger charge is -2.42. The van der Waals surface area contributed by atoms with E-state index >= 15 is 0 Å². The summed E-state index contributed by atoms with van der Waals surface area (Å²) in [6.07, 6.45) is 11.3. The first-order valence-electron chi connectivity index (χ1n) is 6.87. The Morgan fingerprint density at radius 1 is 1.33 bits per heavy atom. The zero-order chi connectivity index (χ0) is 12.8. The number of likely N-dealkylation sites (N-methyl/N-ethyl adjacent to an activating group) is 1. The molecule has 4 heteroatoms.